The maximum atomic E-state index is 12.7. The number of nitrogens with one attached hydrogen (secondary N) is 3. The number of hydrogen-bond donors (Lipinski definition) is 3. The molecule has 0 saturated carbocycles. The van der Waals surface area contributed by atoms with Gasteiger partial charge >= 0.3 is 18.2 Å². The van der Waals surface area contributed by atoms with Crippen molar-refractivity contribution < 1.29 is 40.7 Å². The van der Waals surface area contributed by atoms with E-state index in [2.05, 4.69) is 10.1 Å². The fourth-order valence-electron chi connectivity index (χ4n) is 1.87. The van der Waals surface area contributed by atoms with Crippen molar-refractivity contribution in [2.75, 3.05) is 19.7 Å². The number of carbonyl (C=O) groups excluding carboxylic acids is 3. The Morgan fingerprint density at radius 3 is 2.45 bits per heavy atom. The van der Waals surface area contributed by atoms with Crippen LogP contribution in [0.25, 0.3) is 0 Å². The minimum absolute atomic E-state index is 0.352. The summed E-state index contributed by atoms with van der Waals surface area (Å²) in [6.45, 7) is 0.949. The van der Waals surface area contributed by atoms with Gasteiger partial charge in [-0.3, -0.25) is 14.9 Å². The number of benzene rings is 1. The van der Waals surface area contributed by atoms with Crippen molar-refractivity contribution >= 4 is 27.9 Å². The van der Waals surface area contributed by atoms with Crippen LogP contribution in [0.15, 0.2) is 29.2 Å². The van der Waals surface area contributed by atoms with Crippen LogP contribution < -0.4 is 15.4 Å². The summed E-state index contributed by atoms with van der Waals surface area (Å²) in [6, 6.07) is 2.37. The number of urea groups is 1. The van der Waals surface area contributed by atoms with Gasteiger partial charge in [0.1, 0.15) is 0 Å². The van der Waals surface area contributed by atoms with Crippen LogP contribution in [0.2, 0.25) is 0 Å². The third-order valence-corrected chi connectivity index (χ3v) is 4.70. The fraction of sp³-hybridized carbons (Fsp3) is 0.438. The molecule has 0 bridgehead atoms. The molecule has 0 aliphatic rings. The summed E-state index contributed by atoms with van der Waals surface area (Å²) in [6.07, 6.45) is -4.52. The molecule has 0 radical (unpaired) electrons. The average molecular weight is 439 g/mol. The Morgan fingerprint density at radius 1 is 1.14 bits per heavy atom. The monoisotopic (exact) mass is 439 g/mol. The van der Waals surface area contributed by atoms with E-state index in [0.29, 0.717) is 19.0 Å². The third kappa shape index (κ3) is 8.91. The van der Waals surface area contributed by atoms with E-state index in [1.807, 2.05) is 17.0 Å². The zero-order chi connectivity index (χ0) is 22.1. The molecule has 0 unspecified atom stereocenters. The Hall–Kier alpha value is -2.67. The summed E-state index contributed by atoms with van der Waals surface area (Å²) in [4.78, 5) is 33.5. The molecule has 13 heteroatoms. The lowest BCUT2D eigenvalue weighted by Gasteiger charge is -2.10. The van der Waals surface area contributed by atoms with Crippen molar-refractivity contribution in [1.29, 1.82) is 0 Å². The Bertz CT molecular complexity index is 843. The Labute approximate surface area is 165 Å². The van der Waals surface area contributed by atoms with E-state index in [1.54, 1.807) is 0 Å². The van der Waals surface area contributed by atoms with Crippen LogP contribution >= 0.6 is 0 Å². The van der Waals surface area contributed by atoms with Gasteiger partial charge < -0.3 is 10.1 Å². The summed E-state index contributed by atoms with van der Waals surface area (Å²) in [7, 11) is -4.28. The number of sulfonamides is 1. The van der Waals surface area contributed by atoms with Crippen molar-refractivity contribution in [3.05, 3.63) is 29.8 Å². The first-order valence-electron chi connectivity index (χ1n) is 8.36. The number of amides is 3. The molecule has 0 aliphatic heterocycles. The first-order chi connectivity index (χ1) is 13.5. The summed E-state index contributed by atoms with van der Waals surface area (Å²) in [5, 5.41) is 4.29. The fourth-order valence-corrected chi connectivity index (χ4v) is 2.95. The van der Waals surface area contributed by atoms with Crippen LogP contribution in [0.3, 0.4) is 0 Å². The van der Waals surface area contributed by atoms with E-state index in [4.69, 9.17) is 0 Å². The zero-order valence-corrected chi connectivity index (χ0v) is 16.2. The molecular formula is C16H20F3N3O6S. The molecule has 1 rings (SSSR count). The molecule has 0 aliphatic carbocycles. The standard InChI is InChI=1S/C16H20F3N3O6S/c1-2-7-20-15(25)22-13(23)10-28-14(24)6-8-21-29(26,27)12-5-3-4-11(9-12)16(17,18)19/h3-5,9,21H,2,6-8,10H2,1H3,(H2,20,22,23,25). The highest BCUT2D eigenvalue weighted by atomic mass is 32.2. The predicted octanol–water partition coefficient (Wildman–Crippen LogP) is 1.15. The highest BCUT2D eigenvalue weighted by molar-refractivity contribution is 7.89. The number of halogens is 3. The van der Waals surface area contributed by atoms with Crippen LogP contribution in [-0.4, -0.2) is 46.0 Å². The Balaban J connectivity index is 2.45. The van der Waals surface area contributed by atoms with Gasteiger partial charge in [0.2, 0.25) is 10.0 Å². The number of rotatable bonds is 9. The Morgan fingerprint density at radius 2 is 1.83 bits per heavy atom. The summed E-state index contributed by atoms with van der Waals surface area (Å²) >= 11 is 0. The van der Waals surface area contributed by atoms with Gasteiger partial charge in [-0.05, 0) is 24.6 Å². The van der Waals surface area contributed by atoms with E-state index < -0.39 is 64.1 Å². The lowest BCUT2D eigenvalue weighted by molar-refractivity contribution is -0.148. The molecule has 29 heavy (non-hydrogen) atoms. The van der Waals surface area contributed by atoms with E-state index >= 15 is 0 Å². The molecule has 3 amide bonds. The lowest BCUT2D eigenvalue weighted by Crippen LogP contribution is -2.41. The van der Waals surface area contributed by atoms with E-state index in [1.165, 1.54) is 0 Å². The summed E-state index contributed by atoms with van der Waals surface area (Å²) in [5.74, 6) is -1.82. The Kier molecular flexibility index (Phi) is 9.04. The van der Waals surface area contributed by atoms with Gasteiger partial charge in [0.15, 0.2) is 6.61 Å². The molecule has 0 heterocycles. The lowest BCUT2D eigenvalue weighted by atomic mass is 10.2. The first-order valence-corrected chi connectivity index (χ1v) is 9.84. The van der Waals surface area contributed by atoms with Gasteiger partial charge in [0.25, 0.3) is 5.91 Å². The minimum Gasteiger partial charge on any atom is -0.456 e. The zero-order valence-electron chi connectivity index (χ0n) is 15.3. The van der Waals surface area contributed by atoms with Crippen molar-refractivity contribution in [3.8, 4) is 0 Å². The number of carbonyl (C=O) groups is 3. The molecule has 0 saturated heterocycles. The van der Waals surface area contributed by atoms with Crippen molar-refractivity contribution in [3.63, 3.8) is 0 Å². The van der Waals surface area contributed by atoms with Crippen LogP contribution in [0.1, 0.15) is 25.3 Å². The quantitative estimate of drug-likeness (QED) is 0.495. The number of imide groups is 1. The number of esters is 1. The molecule has 1 aromatic carbocycles. The summed E-state index contributed by atoms with van der Waals surface area (Å²) < 4.78 is 68.6. The molecule has 0 fully saturated rings. The molecule has 9 nitrogen and oxygen atoms in total. The van der Waals surface area contributed by atoms with E-state index in [-0.39, 0.29) is 0 Å². The van der Waals surface area contributed by atoms with Gasteiger partial charge in [0.05, 0.1) is 16.9 Å². The van der Waals surface area contributed by atoms with Crippen molar-refractivity contribution in [2.45, 2.75) is 30.8 Å². The van der Waals surface area contributed by atoms with Crippen LogP contribution in [-0.2, 0) is 30.5 Å². The minimum atomic E-state index is -4.71. The van der Waals surface area contributed by atoms with Gasteiger partial charge in [-0.2, -0.15) is 13.2 Å². The molecule has 3 N–H and O–H groups in total. The number of hydrogen-bond acceptors (Lipinski definition) is 6. The maximum absolute atomic E-state index is 12.7. The van der Waals surface area contributed by atoms with Gasteiger partial charge in [-0.1, -0.05) is 13.0 Å². The van der Waals surface area contributed by atoms with E-state index in [0.717, 1.165) is 18.2 Å². The topological polar surface area (TPSA) is 131 Å². The molecule has 1 aromatic rings. The normalized spacial score (nSPS) is 11.6. The van der Waals surface area contributed by atoms with Gasteiger partial charge in [-0.15, -0.1) is 0 Å². The molecule has 0 spiro atoms. The van der Waals surface area contributed by atoms with Crippen molar-refractivity contribution in [2.24, 2.45) is 0 Å². The second kappa shape index (κ2) is 10.8. The molecular weight excluding hydrogens is 419 g/mol. The van der Waals surface area contributed by atoms with Gasteiger partial charge in [0, 0.05) is 13.1 Å². The predicted molar refractivity (Wildman–Crippen MR) is 94.0 cm³/mol. The SMILES string of the molecule is CCCNC(=O)NC(=O)COC(=O)CCNS(=O)(=O)c1cccc(C(F)(F)F)c1. The number of alkyl halides is 3. The maximum Gasteiger partial charge on any atom is 0.416 e. The number of ether oxygens (including phenoxy) is 1. The largest absolute Gasteiger partial charge is 0.456 e. The van der Waals surface area contributed by atoms with Gasteiger partial charge in [-0.25, -0.2) is 17.9 Å². The van der Waals surface area contributed by atoms with Crippen LogP contribution in [0.4, 0.5) is 18.0 Å². The first kappa shape index (κ1) is 24.4. The second-order valence-electron chi connectivity index (χ2n) is 5.64. The molecule has 0 atom stereocenters. The summed E-state index contributed by atoms with van der Waals surface area (Å²) in [5.41, 5.74) is -1.13. The highest BCUT2D eigenvalue weighted by Gasteiger charge is 2.31. The average Bonchev–Trinajstić information content (AvgIpc) is 2.64. The smallest absolute Gasteiger partial charge is 0.416 e. The van der Waals surface area contributed by atoms with Crippen LogP contribution in [0, 0.1) is 0 Å². The molecule has 0 aromatic heterocycles. The highest BCUT2D eigenvalue weighted by Crippen LogP contribution is 2.30. The third-order valence-electron chi connectivity index (χ3n) is 3.25. The second-order valence-corrected chi connectivity index (χ2v) is 7.41. The van der Waals surface area contributed by atoms with Crippen molar-refractivity contribution in [1.82, 2.24) is 15.4 Å². The van der Waals surface area contributed by atoms with E-state index in [9.17, 15) is 36.0 Å². The van der Waals surface area contributed by atoms with Crippen LogP contribution in [0.5, 0.6) is 0 Å². The molecule has 162 valence electrons.